The Morgan fingerprint density at radius 3 is 2.87 bits per heavy atom. The zero-order valence-corrected chi connectivity index (χ0v) is 9.41. The van der Waals surface area contributed by atoms with Crippen molar-refractivity contribution < 1.29 is 19.4 Å². The summed E-state index contributed by atoms with van der Waals surface area (Å²) in [6, 6.07) is 1.60. The highest BCUT2D eigenvalue weighted by Gasteiger charge is 2.20. The molecule has 1 heterocycles. The van der Waals surface area contributed by atoms with E-state index in [1.807, 2.05) is 0 Å². The molecule has 0 unspecified atom stereocenters. The quantitative estimate of drug-likeness (QED) is 0.796. The van der Waals surface area contributed by atoms with Gasteiger partial charge in [0.25, 0.3) is 0 Å². The Kier molecular flexibility index (Phi) is 2.81. The number of hydrogen-bond donors (Lipinski definition) is 1. The number of carbonyl (C=O) groups excluding carboxylic acids is 1. The molecule has 1 aromatic carbocycles. The first kappa shape index (κ1) is 10.3. The number of carbonyl (C=O) groups is 1. The number of rotatable bonds is 1. The molecule has 1 N–H and O–H groups in total. The molecule has 0 atom stereocenters. The Bertz CT molecular complexity index is 403. The second-order valence-corrected chi connectivity index (χ2v) is 3.97. The molecule has 0 amide bonds. The van der Waals surface area contributed by atoms with Gasteiger partial charge < -0.3 is 14.6 Å². The topological polar surface area (TPSA) is 55.8 Å². The largest absolute Gasteiger partial charge is 0.506 e. The molecule has 0 bridgehead atoms. The number of aromatic hydroxyl groups is 1. The summed E-state index contributed by atoms with van der Waals surface area (Å²) in [5.41, 5.74) is 0.126. The number of phenols is 1. The minimum absolute atomic E-state index is 0.116. The van der Waals surface area contributed by atoms with Crippen LogP contribution in [0.15, 0.2) is 10.5 Å². The summed E-state index contributed by atoms with van der Waals surface area (Å²) in [4.78, 5) is 10.8. The lowest BCUT2D eigenvalue weighted by molar-refractivity contribution is 0.111. The van der Waals surface area contributed by atoms with E-state index >= 15 is 0 Å². The number of hydrogen-bond acceptors (Lipinski definition) is 4. The number of aldehydes is 1. The van der Waals surface area contributed by atoms with E-state index in [-0.39, 0.29) is 11.3 Å². The van der Waals surface area contributed by atoms with Gasteiger partial charge in [-0.2, -0.15) is 0 Å². The van der Waals surface area contributed by atoms with Crippen molar-refractivity contribution in [2.75, 3.05) is 13.2 Å². The van der Waals surface area contributed by atoms with Crippen LogP contribution >= 0.6 is 15.9 Å². The average Bonchev–Trinajstić information content (AvgIpc) is 2.45. The molecule has 5 heteroatoms. The van der Waals surface area contributed by atoms with Gasteiger partial charge in [-0.15, -0.1) is 0 Å². The molecule has 1 aliphatic heterocycles. The molecule has 80 valence electrons. The predicted molar refractivity (Wildman–Crippen MR) is 56.8 cm³/mol. The summed E-state index contributed by atoms with van der Waals surface area (Å²) in [5.74, 6) is 0.691. The van der Waals surface area contributed by atoms with Crippen LogP contribution in [0.5, 0.6) is 17.2 Å². The van der Waals surface area contributed by atoms with Crippen LogP contribution in [-0.4, -0.2) is 24.6 Å². The van der Waals surface area contributed by atoms with Gasteiger partial charge >= 0.3 is 0 Å². The molecule has 0 aromatic heterocycles. The van der Waals surface area contributed by atoms with Gasteiger partial charge in [-0.1, -0.05) is 0 Å². The van der Waals surface area contributed by atoms with Gasteiger partial charge in [-0.25, -0.2) is 0 Å². The number of ether oxygens (including phenoxy) is 2. The maximum atomic E-state index is 10.8. The molecule has 0 spiro atoms. The maximum Gasteiger partial charge on any atom is 0.175 e. The molecule has 1 aliphatic rings. The van der Waals surface area contributed by atoms with Gasteiger partial charge in [-0.05, 0) is 15.9 Å². The van der Waals surface area contributed by atoms with Gasteiger partial charge in [0.1, 0.15) is 11.3 Å². The summed E-state index contributed by atoms with van der Waals surface area (Å²) in [7, 11) is 0. The average molecular weight is 273 g/mol. The van der Waals surface area contributed by atoms with Gasteiger partial charge in [0.05, 0.1) is 17.7 Å². The van der Waals surface area contributed by atoms with Gasteiger partial charge in [0, 0.05) is 12.5 Å². The third kappa shape index (κ3) is 1.79. The third-order valence-electron chi connectivity index (χ3n) is 2.12. The minimum atomic E-state index is -0.116. The lowest BCUT2D eigenvalue weighted by Gasteiger charge is -2.11. The van der Waals surface area contributed by atoms with Crippen molar-refractivity contribution >= 4 is 22.2 Å². The molecule has 0 saturated heterocycles. The smallest absolute Gasteiger partial charge is 0.175 e. The van der Waals surface area contributed by atoms with Crippen molar-refractivity contribution in [1.29, 1.82) is 0 Å². The van der Waals surface area contributed by atoms with Gasteiger partial charge in [0.15, 0.2) is 17.8 Å². The molecule has 1 aromatic rings. The van der Waals surface area contributed by atoms with Gasteiger partial charge in [0.2, 0.25) is 0 Å². The van der Waals surface area contributed by atoms with E-state index in [1.54, 1.807) is 6.07 Å². The van der Waals surface area contributed by atoms with Crippen LogP contribution in [0.1, 0.15) is 16.8 Å². The summed E-state index contributed by atoms with van der Waals surface area (Å²) in [6.45, 7) is 1.03. The first-order valence-electron chi connectivity index (χ1n) is 4.50. The molecule has 15 heavy (non-hydrogen) atoms. The highest BCUT2D eigenvalue weighted by atomic mass is 79.9. The summed E-state index contributed by atoms with van der Waals surface area (Å²) >= 11 is 3.15. The summed E-state index contributed by atoms with van der Waals surface area (Å²) in [6.07, 6.45) is 1.32. The van der Waals surface area contributed by atoms with Gasteiger partial charge in [-0.3, -0.25) is 4.79 Å². The second kappa shape index (κ2) is 4.10. The number of halogens is 1. The monoisotopic (exact) mass is 272 g/mol. The molecule has 0 aliphatic carbocycles. The molecule has 0 fully saturated rings. The van der Waals surface area contributed by atoms with Crippen molar-refractivity contribution in [1.82, 2.24) is 0 Å². The summed E-state index contributed by atoms with van der Waals surface area (Å²) in [5, 5.41) is 9.63. The highest BCUT2D eigenvalue weighted by molar-refractivity contribution is 9.10. The third-order valence-corrected chi connectivity index (χ3v) is 2.72. The molecule has 0 radical (unpaired) electrons. The Labute approximate surface area is 94.9 Å². The fourth-order valence-electron chi connectivity index (χ4n) is 1.40. The van der Waals surface area contributed by atoms with Crippen molar-refractivity contribution in [3.8, 4) is 17.2 Å². The van der Waals surface area contributed by atoms with Crippen molar-refractivity contribution in [2.24, 2.45) is 0 Å². The van der Waals surface area contributed by atoms with E-state index in [9.17, 15) is 9.90 Å². The zero-order chi connectivity index (χ0) is 10.8. The zero-order valence-electron chi connectivity index (χ0n) is 7.83. The number of fused-ring (bicyclic) bond motifs is 1. The van der Waals surface area contributed by atoms with Crippen LogP contribution in [0.4, 0.5) is 0 Å². The lowest BCUT2D eigenvalue weighted by Crippen LogP contribution is -1.98. The Balaban J connectivity index is 2.61. The first-order chi connectivity index (χ1) is 7.24. The van der Waals surface area contributed by atoms with Crippen LogP contribution in [0.3, 0.4) is 0 Å². The highest BCUT2D eigenvalue weighted by Crippen LogP contribution is 2.42. The van der Waals surface area contributed by atoms with Crippen molar-refractivity contribution in [2.45, 2.75) is 6.42 Å². The molecule has 0 saturated carbocycles. The fourth-order valence-corrected chi connectivity index (χ4v) is 1.82. The molecular weight excluding hydrogens is 264 g/mol. The predicted octanol–water partition coefficient (Wildman–Crippen LogP) is 2.13. The molecular formula is C10H9BrO4. The number of benzene rings is 1. The van der Waals surface area contributed by atoms with Crippen LogP contribution in [-0.2, 0) is 0 Å². The van der Waals surface area contributed by atoms with Crippen LogP contribution in [0.25, 0.3) is 0 Å². The van der Waals surface area contributed by atoms with E-state index in [4.69, 9.17) is 9.47 Å². The minimum Gasteiger partial charge on any atom is -0.506 e. The standard InChI is InChI=1S/C10H9BrO4/c11-7-4-8-10(6(5-12)9(7)13)15-3-1-2-14-8/h4-5,13H,1-3H2. The fraction of sp³-hybridized carbons (Fsp3) is 0.300. The normalized spacial score (nSPS) is 14.5. The summed E-state index contributed by atoms with van der Waals surface area (Å²) < 4.78 is 11.2. The second-order valence-electron chi connectivity index (χ2n) is 3.12. The maximum absolute atomic E-state index is 10.8. The van der Waals surface area contributed by atoms with Crippen LogP contribution < -0.4 is 9.47 Å². The Hall–Kier alpha value is -1.23. The van der Waals surface area contributed by atoms with Crippen LogP contribution in [0.2, 0.25) is 0 Å². The Morgan fingerprint density at radius 1 is 1.40 bits per heavy atom. The first-order valence-corrected chi connectivity index (χ1v) is 5.29. The molecule has 4 nitrogen and oxygen atoms in total. The SMILES string of the molecule is O=Cc1c(O)c(Br)cc2c1OCCCO2. The van der Waals surface area contributed by atoms with Crippen LogP contribution in [0, 0.1) is 0 Å². The lowest BCUT2D eigenvalue weighted by atomic mass is 10.2. The molecule has 2 rings (SSSR count). The van der Waals surface area contributed by atoms with E-state index < -0.39 is 0 Å². The van der Waals surface area contributed by atoms with E-state index in [0.29, 0.717) is 35.5 Å². The number of phenolic OH excluding ortho intramolecular Hbond substituents is 1. The van der Waals surface area contributed by atoms with E-state index in [0.717, 1.165) is 6.42 Å². The van der Waals surface area contributed by atoms with E-state index in [1.165, 1.54) is 0 Å². The van der Waals surface area contributed by atoms with Crippen molar-refractivity contribution in [3.05, 3.63) is 16.1 Å². The Morgan fingerprint density at radius 2 is 2.13 bits per heavy atom. The van der Waals surface area contributed by atoms with E-state index in [2.05, 4.69) is 15.9 Å². The van der Waals surface area contributed by atoms with Crippen molar-refractivity contribution in [3.63, 3.8) is 0 Å².